The minimum atomic E-state index is -0.561. The third-order valence-corrected chi connectivity index (χ3v) is 5.78. The molecule has 0 bridgehead atoms. The summed E-state index contributed by atoms with van der Waals surface area (Å²) in [5.74, 6) is 1.25. The number of nitro groups is 1. The molecule has 2 saturated heterocycles. The molecule has 0 radical (unpaired) electrons. The molecule has 2 aliphatic rings. The van der Waals surface area contributed by atoms with Crippen molar-refractivity contribution in [2.24, 2.45) is 5.10 Å². The Hall–Kier alpha value is -3.70. The molecule has 4 rings (SSSR count). The Bertz CT molecular complexity index is 983. The van der Waals surface area contributed by atoms with Crippen LogP contribution in [0.15, 0.2) is 17.2 Å². The highest BCUT2D eigenvalue weighted by atomic mass is 16.6. The summed E-state index contributed by atoms with van der Waals surface area (Å²) in [6, 6.07) is 2.37. The van der Waals surface area contributed by atoms with E-state index < -0.39 is 4.92 Å². The molecule has 1 aromatic carbocycles. The SMILES string of the molecule is COc1cc([N+](=O)[O-])cc(C=NNc2nc(N3CCCCC3)nc(N3CCCCC3)n2)c1O. The number of rotatable bonds is 7. The Morgan fingerprint density at radius 2 is 1.61 bits per heavy atom. The number of phenols is 1. The van der Waals surface area contributed by atoms with Gasteiger partial charge in [0.15, 0.2) is 11.5 Å². The van der Waals surface area contributed by atoms with Gasteiger partial charge in [-0.05, 0) is 38.5 Å². The summed E-state index contributed by atoms with van der Waals surface area (Å²) < 4.78 is 5.03. The molecule has 0 saturated carbocycles. The van der Waals surface area contributed by atoms with Gasteiger partial charge in [0.2, 0.25) is 17.8 Å². The Labute approximate surface area is 191 Å². The number of ether oxygens (including phenoxy) is 1. The molecule has 2 fully saturated rings. The number of piperidine rings is 2. The van der Waals surface area contributed by atoms with Gasteiger partial charge in [-0.3, -0.25) is 10.1 Å². The average molecular weight is 457 g/mol. The molecule has 12 heteroatoms. The van der Waals surface area contributed by atoms with Crippen LogP contribution in [0.4, 0.5) is 23.5 Å². The summed E-state index contributed by atoms with van der Waals surface area (Å²) in [5.41, 5.74) is 2.72. The molecule has 2 aromatic rings. The van der Waals surface area contributed by atoms with Gasteiger partial charge in [0.25, 0.3) is 5.69 Å². The van der Waals surface area contributed by atoms with Crippen LogP contribution < -0.4 is 20.0 Å². The topological polar surface area (TPSA) is 142 Å². The second-order valence-corrected chi connectivity index (χ2v) is 8.07. The number of phenolic OH excluding ortho intramolecular Hbond substituents is 1. The molecule has 1 aromatic heterocycles. The Morgan fingerprint density at radius 3 is 2.12 bits per heavy atom. The first-order chi connectivity index (χ1) is 16.0. The van der Waals surface area contributed by atoms with Crippen molar-refractivity contribution >= 4 is 29.7 Å². The third kappa shape index (κ3) is 5.38. The van der Waals surface area contributed by atoms with E-state index in [-0.39, 0.29) is 28.7 Å². The molecule has 2 aliphatic heterocycles. The van der Waals surface area contributed by atoms with Gasteiger partial charge in [-0.2, -0.15) is 20.1 Å². The normalized spacial score (nSPS) is 16.8. The number of hydrogen-bond donors (Lipinski definition) is 2. The summed E-state index contributed by atoms with van der Waals surface area (Å²) in [4.78, 5) is 28.7. The number of nitrogens with zero attached hydrogens (tertiary/aromatic N) is 7. The van der Waals surface area contributed by atoms with E-state index in [0.29, 0.717) is 11.9 Å². The minimum absolute atomic E-state index is 0.00872. The van der Waals surface area contributed by atoms with Crippen molar-refractivity contribution in [1.29, 1.82) is 0 Å². The number of aromatic hydroxyl groups is 1. The smallest absolute Gasteiger partial charge is 0.274 e. The molecule has 0 unspecified atom stereocenters. The van der Waals surface area contributed by atoms with Gasteiger partial charge >= 0.3 is 0 Å². The first-order valence-electron chi connectivity index (χ1n) is 11.2. The van der Waals surface area contributed by atoms with Gasteiger partial charge in [0.1, 0.15) is 0 Å². The van der Waals surface area contributed by atoms with Gasteiger partial charge in [-0.1, -0.05) is 0 Å². The number of aromatic nitrogens is 3. The van der Waals surface area contributed by atoms with Gasteiger partial charge in [-0.25, -0.2) is 5.43 Å². The lowest BCUT2D eigenvalue weighted by Gasteiger charge is -2.30. The molecular formula is C21H28N8O4. The summed E-state index contributed by atoms with van der Waals surface area (Å²) in [5, 5.41) is 25.6. The number of anilines is 3. The van der Waals surface area contributed by atoms with Crippen LogP contribution in [0.1, 0.15) is 44.1 Å². The van der Waals surface area contributed by atoms with Crippen molar-refractivity contribution in [1.82, 2.24) is 15.0 Å². The average Bonchev–Trinajstić information content (AvgIpc) is 2.86. The molecule has 3 heterocycles. The van der Waals surface area contributed by atoms with E-state index in [0.717, 1.165) is 57.9 Å². The number of non-ortho nitro benzene ring substituents is 1. The van der Waals surface area contributed by atoms with Crippen LogP contribution in [0.25, 0.3) is 0 Å². The predicted molar refractivity (Wildman–Crippen MR) is 124 cm³/mol. The standard InChI is InChI=1S/C21H28N8O4/c1-33-17-13-16(29(31)32)12-15(18(17)30)14-22-26-19-23-20(27-8-4-2-5-9-27)25-21(24-19)28-10-6-3-7-11-28/h12-14,30H,2-11H2,1H3,(H,23,24,25,26). The molecular weight excluding hydrogens is 428 g/mol. The van der Waals surface area contributed by atoms with Crippen molar-refractivity contribution in [2.45, 2.75) is 38.5 Å². The molecule has 0 spiro atoms. The van der Waals surface area contributed by atoms with Gasteiger partial charge < -0.3 is 19.6 Å². The van der Waals surface area contributed by atoms with Crippen molar-refractivity contribution in [2.75, 3.05) is 48.5 Å². The Balaban J connectivity index is 1.60. The van der Waals surface area contributed by atoms with Crippen molar-refractivity contribution in [3.05, 3.63) is 27.8 Å². The Kier molecular flexibility index (Phi) is 7.01. The van der Waals surface area contributed by atoms with Crippen LogP contribution in [-0.2, 0) is 0 Å². The fraction of sp³-hybridized carbons (Fsp3) is 0.524. The third-order valence-electron chi connectivity index (χ3n) is 5.78. The summed E-state index contributed by atoms with van der Waals surface area (Å²) in [6.07, 6.45) is 8.06. The first-order valence-corrected chi connectivity index (χ1v) is 11.2. The lowest BCUT2D eigenvalue weighted by atomic mass is 10.1. The highest BCUT2D eigenvalue weighted by molar-refractivity contribution is 5.86. The highest BCUT2D eigenvalue weighted by Crippen LogP contribution is 2.33. The van der Waals surface area contributed by atoms with Crippen molar-refractivity contribution in [3.63, 3.8) is 0 Å². The fourth-order valence-electron chi connectivity index (χ4n) is 4.01. The maximum absolute atomic E-state index is 11.2. The highest BCUT2D eigenvalue weighted by Gasteiger charge is 2.20. The number of methoxy groups -OCH3 is 1. The summed E-state index contributed by atoms with van der Waals surface area (Å²) in [6.45, 7) is 3.59. The monoisotopic (exact) mass is 456 g/mol. The molecule has 2 N–H and O–H groups in total. The van der Waals surface area contributed by atoms with Crippen LogP contribution in [0.2, 0.25) is 0 Å². The predicted octanol–water partition coefficient (Wildman–Crippen LogP) is 2.92. The van der Waals surface area contributed by atoms with E-state index in [9.17, 15) is 15.2 Å². The lowest BCUT2D eigenvalue weighted by molar-refractivity contribution is -0.385. The minimum Gasteiger partial charge on any atom is -0.504 e. The molecule has 176 valence electrons. The van der Waals surface area contributed by atoms with Crippen LogP contribution in [-0.4, -0.2) is 64.5 Å². The fourth-order valence-corrected chi connectivity index (χ4v) is 4.01. The van der Waals surface area contributed by atoms with E-state index >= 15 is 0 Å². The van der Waals surface area contributed by atoms with E-state index in [1.54, 1.807) is 0 Å². The zero-order valence-electron chi connectivity index (χ0n) is 18.6. The zero-order chi connectivity index (χ0) is 23.2. The van der Waals surface area contributed by atoms with Crippen LogP contribution in [0, 0.1) is 10.1 Å². The van der Waals surface area contributed by atoms with Crippen LogP contribution in [0.3, 0.4) is 0 Å². The Morgan fingerprint density at radius 1 is 1.03 bits per heavy atom. The van der Waals surface area contributed by atoms with Gasteiger partial charge in [-0.15, -0.1) is 0 Å². The van der Waals surface area contributed by atoms with Crippen LogP contribution in [0.5, 0.6) is 11.5 Å². The number of nitro benzene ring substituents is 1. The number of benzene rings is 1. The van der Waals surface area contributed by atoms with Gasteiger partial charge in [0, 0.05) is 37.8 Å². The van der Waals surface area contributed by atoms with Gasteiger partial charge in [0.05, 0.1) is 24.3 Å². The van der Waals surface area contributed by atoms with Crippen molar-refractivity contribution in [3.8, 4) is 11.5 Å². The largest absolute Gasteiger partial charge is 0.504 e. The van der Waals surface area contributed by atoms with E-state index in [1.165, 1.54) is 32.2 Å². The molecule has 12 nitrogen and oxygen atoms in total. The quantitative estimate of drug-likeness (QED) is 0.363. The van der Waals surface area contributed by atoms with E-state index in [1.807, 2.05) is 0 Å². The molecule has 0 aliphatic carbocycles. The van der Waals surface area contributed by atoms with E-state index in [4.69, 9.17) is 9.72 Å². The second kappa shape index (κ2) is 10.3. The number of hydrazone groups is 1. The lowest BCUT2D eigenvalue weighted by Crippen LogP contribution is -2.34. The first kappa shape index (κ1) is 22.5. The number of hydrogen-bond acceptors (Lipinski definition) is 11. The van der Waals surface area contributed by atoms with E-state index in [2.05, 4.69) is 30.3 Å². The van der Waals surface area contributed by atoms with Crippen molar-refractivity contribution < 1.29 is 14.8 Å². The summed E-state index contributed by atoms with van der Waals surface area (Å²) >= 11 is 0. The van der Waals surface area contributed by atoms with Crippen LogP contribution >= 0.6 is 0 Å². The molecule has 33 heavy (non-hydrogen) atoms. The second-order valence-electron chi connectivity index (χ2n) is 8.07. The summed E-state index contributed by atoms with van der Waals surface area (Å²) in [7, 11) is 1.33. The maximum Gasteiger partial charge on any atom is 0.274 e. The molecule has 0 atom stereocenters. The number of nitrogens with one attached hydrogen (secondary N) is 1. The maximum atomic E-state index is 11.2. The zero-order valence-corrected chi connectivity index (χ0v) is 18.6. The molecule has 0 amide bonds.